The Balaban J connectivity index is 2.29. The van der Waals surface area contributed by atoms with Crippen LogP contribution in [-0.4, -0.2) is 44.2 Å². The lowest BCUT2D eigenvalue weighted by Crippen LogP contribution is -2.30. The molecule has 0 saturated heterocycles. The van der Waals surface area contributed by atoms with Crippen molar-refractivity contribution in [2.24, 2.45) is 0 Å². The summed E-state index contributed by atoms with van der Waals surface area (Å²) < 4.78 is 32.0. The summed E-state index contributed by atoms with van der Waals surface area (Å²) in [6, 6.07) is 5.89. The molecule has 31 heavy (non-hydrogen) atoms. The molecule has 0 aliphatic heterocycles. The van der Waals surface area contributed by atoms with E-state index in [1.807, 2.05) is 33.8 Å². The maximum absolute atomic E-state index is 12.8. The molecule has 2 aromatic rings. The van der Waals surface area contributed by atoms with Gasteiger partial charge in [-0.05, 0) is 68.1 Å². The number of nitrogens with zero attached hydrogens (tertiary/aromatic N) is 1. The molecule has 0 aromatic heterocycles. The van der Waals surface area contributed by atoms with Gasteiger partial charge in [0.05, 0.1) is 15.5 Å². The third-order valence-electron chi connectivity index (χ3n) is 5.48. The third-order valence-corrected chi connectivity index (χ3v) is 7.86. The molecule has 0 spiro atoms. The first kappa shape index (κ1) is 25.0. The predicted molar refractivity (Wildman–Crippen MR) is 122 cm³/mol. The summed E-state index contributed by atoms with van der Waals surface area (Å²) in [6.07, 6.45) is 0. The molecule has 0 atom stereocenters. The molecule has 0 amide bonds. The summed E-state index contributed by atoms with van der Waals surface area (Å²) in [5.74, 6) is -1.17. The van der Waals surface area contributed by atoms with E-state index in [1.165, 1.54) is 22.5 Å². The number of carbonyl (C=O) groups excluding carboxylic acids is 2. The van der Waals surface area contributed by atoms with Crippen LogP contribution in [0.25, 0.3) is 0 Å². The number of hydrogen-bond donors (Lipinski definition) is 0. The molecule has 0 aliphatic carbocycles. The largest absolute Gasteiger partial charge is 0.454 e. The third kappa shape index (κ3) is 5.17. The molecule has 0 bridgehead atoms. The average molecular weight is 466 g/mol. The van der Waals surface area contributed by atoms with Gasteiger partial charge >= 0.3 is 5.97 Å². The monoisotopic (exact) mass is 465 g/mol. The summed E-state index contributed by atoms with van der Waals surface area (Å²) in [7, 11) is -3.77. The molecule has 0 N–H and O–H groups in total. The Hall–Kier alpha value is -2.22. The van der Waals surface area contributed by atoms with Crippen molar-refractivity contribution in [1.29, 1.82) is 0 Å². The minimum Gasteiger partial charge on any atom is -0.454 e. The number of sulfonamides is 1. The van der Waals surface area contributed by atoms with Crippen LogP contribution >= 0.6 is 11.6 Å². The quantitative estimate of drug-likeness (QED) is 0.419. The topological polar surface area (TPSA) is 80.8 Å². The Kier molecular flexibility index (Phi) is 8.03. The van der Waals surface area contributed by atoms with Crippen molar-refractivity contribution < 1.29 is 22.7 Å². The van der Waals surface area contributed by atoms with Crippen molar-refractivity contribution in [1.82, 2.24) is 4.31 Å². The summed E-state index contributed by atoms with van der Waals surface area (Å²) in [4.78, 5) is 25.4. The van der Waals surface area contributed by atoms with Crippen molar-refractivity contribution in [3.63, 3.8) is 0 Å². The van der Waals surface area contributed by atoms with Crippen molar-refractivity contribution in [2.75, 3.05) is 19.7 Å². The molecule has 0 unspecified atom stereocenters. The van der Waals surface area contributed by atoms with Crippen LogP contribution < -0.4 is 0 Å². The van der Waals surface area contributed by atoms with Crippen LogP contribution in [0, 0.1) is 27.7 Å². The second-order valence-electron chi connectivity index (χ2n) is 7.37. The van der Waals surface area contributed by atoms with Crippen molar-refractivity contribution >= 4 is 33.4 Å². The normalized spacial score (nSPS) is 11.6. The number of benzene rings is 2. The second-order valence-corrected chi connectivity index (χ2v) is 9.71. The Morgan fingerprint density at radius 1 is 0.968 bits per heavy atom. The molecule has 2 aromatic carbocycles. The Labute approximate surface area is 189 Å². The van der Waals surface area contributed by atoms with E-state index in [9.17, 15) is 18.0 Å². The molecule has 0 heterocycles. The number of rotatable bonds is 8. The molecule has 8 heteroatoms. The van der Waals surface area contributed by atoms with E-state index in [1.54, 1.807) is 13.8 Å². The first-order valence-corrected chi connectivity index (χ1v) is 11.8. The number of aryl methyl sites for hydroxylation is 2. The van der Waals surface area contributed by atoms with Crippen LogP contribution in [0.4, 0.5) is 0 Å². The van der Waals surface area contributed by atoms with Crippen LogP contribution in [-0.2, 0) is 14.8 Å². The minimum atomic E-state index is -3.77. The summed E-state index contributed by atoms with van der Waals surface area (Å²) in [5.41, 5.74) is 4.08. The molecular formula is C23H28ClNO5S. The van der Waals surface area contributed by atoms with E-state index in [4.69, 9.17) is 16.3 Å². The molecule has 6 nitrogen and oxygen atoms in total. The number of ketones is 1. The van der Waals surface area contributed by atoms with Gasteiger partial charge in [-0.2, -0.15) is 4.31 Å². The van der Waals surface area contributed by atoms with Gasteiger partial charge in [0.1, 0.15) is 0 Å². The fraction of sp³-hybridized carbons (Fsp3) is 0.391. The first-order chi connectivity index (χ1) is 14.4. The second kappa shape index (κ2) is 9.94. The van der Waals surface area contributed by atoms with E-state index in [0.717, 1.165) is 22.3 Å². The van der Waals surface area contributed by atoms with Crippen molar-refractivity contribution in [3.8, 4) is 0 Å². The zero-order valence-corrected chi connectivity index (χ0v) is 20.3. The minimum absolute atomic E-state index is 0.0507. The lowest BCUT2D eigenvalue weighted by molar-refractivity contribution is 0.0474. The Morgan fingerprint density at radius 2 is 1.52 bits per heavy atom. The van der Waals surface area contributed by atoms with E-state index < -0.39 is 22.6 Å². The molecule has 0 aliphatic rings. The van der Waals surface area contributed by atoms with E-state index in [-0.39, 0.29) is 21.3 Å². The maximum atomic E-state index is 12.8. The Morgan fingerprint density at radius 3 is 2.03 bits per heavy atom. The lowest BCUT2D eigenvalue weighted by atomic mass is 9.92. The van der Waals surface area contributed by atoms with Gasteiger partial charge in [0.25, 0.3) is 0 Å². The number of hydrogen-bond acceptors (Lipinski definition) is 5. The van der Waals surface area contributed by atoms with Gasteiger partial charge in [0.15, 0.2) is 6.61 Å². The van der Waals surface area contributed by atoms with Crippen LogP contribution in [0.5, 0.6) is 0 Å². The molecule has 0 radical (unpaired) electrons. The van der Waals surface area contributed by atoms with Crippen molar-refractivity contribution in [3.05, 3.63) is 62.7 Å². The fourth-order valence-corrected chi connectivity index (χ4v) is 5.13. The van der Waals surface area contributed by atoms with E-state index in [2.05, 4.69) is 0 Å². The summed E-state index contributed by atoms with van der Waals surface area (Å²) in [6.45, 7) is 11.1. The zero-order chi connectivity index (χ0) is 23.5. The summed E-state index contributed by atoms with van der Waals surface area (Å²) in [5, 5.41) is 0.0507. The van der Waals surface area contributed by atoms with Gasteiger partial charge in [0.2, 0.25) is 15.8 Å². The highest BCUT2D eigenvalue weighted by Gasteiger charge is 2.25. The van der Waals surface area contributed by atoms with E-state index >= 15 is 0 Å². The standard InChI is InChI=1S/C23H28ClNO5S/c1-7-25(8-2)31(28,29)18-9-10-20(24)19(12-18)23(27)30-13-21(26)22-16(5)14(3)11-15(4)17(22)6/h9-12H,7-8,13H2,1-6H3. The van der Waals surface area contributed by atoms with Crippen LogP contribution in [0.1, 0.15) is 56.8 Å². The van der Waals surface area contributed by atoms with E-state index in [0.29, 0.717) is 18.7 Å². The molecule has 2 rings (SSSR count). The van der Waals surface area contributed by atoms with Gasteiger partial charge < -0.3 is 4.74 Å². The van der Waals surface area contributed by atoms with Gasteiger partial charge in [-0.25, -0.2) is 13.2 Å². The zero-order valence-electron chi connectivity index (χ0n) is 18.7. The highest BCUT2D eigenvalue weighted by molar-refractivity contribution is 7.89. The lowest BCUT2D eigenvalue weighted by Gasteiger charge is -2.19. The van der Waals surface area contributed by atoms with Gasteiger partial charge in [-0.15, -0.1) is 0 Å². The SMILES string of the molecule is CCN(CC)S(=O)(=O)c1ccc(Cl)c(C(=O)OCC(=O)c2c(C)c(C)cc(C)c2C)c1. The number of halogens is 1. The number of Topliss-reactive ketones (excluding diaryl/α,β-unsaturated/α-hetero) is 1. The van der Waals surface area contributed by atoms with Gasteiger partial charge in [-0.1, -0.05) is 31.5 Å². The van der Waals surface area contributed by atoms with Crippen LogP contribution in [0.15, 0.2) is 29.2 Å². The number of ether oxygens (including phenoxy) is 1. The number of carbonyl (C=O) groups is 2. The van der Waals surface area contributed by atoms with Crippen molar-refractivity contribution in [2.45, 2.75) is 46.4 Å². The Bertz CT molecular complexity index is 1100. The molecule has 168 valence electrons. The fourth-order valence-electron chi connectivity index (χ4n) is 3.45. The molecular weight excluding hydrogens is 438 g/mol. The predicted octanol–water partition coefficient (Wildman–Crippen LogP) is 4.64. The maximum Gasteiger partial charge on any atom is 0.340 e. The average Bonchev–Trinajstić information content (AvgIpc) is 2.71. The molecule has 0 saturated carbocycles. The highest BCUT2D eigenvalue weighted by atomic mass is 35.5. The van der Waals surface area contributed by atoms with Gasteiger partial charge in [-0.3, -0.25) is 4.79 Å². The van der Waals surface area contributed by atoms with Gasteiger partial charge in [0, 0.05) is 18.7 Å². The first-order valence-electron chi connectivity index (χ1n) is 10.0. The molecule has 0 fully saturated rings. The summed E-state index contributed by atoms with van der Waals surface area (Å²) >= 11 is 6.12. The smallest absolute Gasteiger partial charge is 0.340 e. The van der Waals surface area contributed by atoms with Crippen LogP contribution in [0.2, 0.25) is 5.02 Å². The highest BCUT2D eigenvalue weighted by Crippen LogP contribution is 2.25. The van der Waals surface area contributed by atoms with Crippen LogP contribution in [0.3, 0.4) is 0 Å². The number of esters is 1.